The number of nitrogens with zero attached hydrogens (tertiary/aromatic N) is 1. The van der Waals surface area contributed by atoms with Gasteiger partial charge in [0.2, 0.25) is 0 Å². The van der Waals surface area contributed by atoms with Crippen molar-refractivity contribution in [1.82, 2.24) is 10.4 Å². The van der Waals surface area contributed by atoms with Crippen molar-refractivity contribution in [2.45, 2.75) is 0 Å². The van der Waals surface area contributed by atoms with Crippen molar-refractivity contribution in [3.63, 3.8) is 0 Å². The first-order chi connectivity index (χ1) is 10.7. The van der Waals surface area contributed by atoms with Gasteiger partial charge in [-0.1, -0.05) is 0 Å². The second-order valence-electron chi connectivity index (χ2n) is 4.46. The van der Waals surface area contributed by atoms with Crippen LogP contribution in [0.25, 0.3) is 10.9 Å². The zero-order valence-corrected chi connectivity index (χ0v) is 12.4. The maximum Gasteiger partial charge on any atom is 0.281 e. The predicted octanol–water partition coefficient (Wildman–Crippen LogP) is 3.14. The molecule has 0 atom stereocenters. The van der Waals surface area contributed by atoms with E-state index >= 15 is 0 Å². The molecule has 3 aromatic rings. The third kappa shape index (κ3) is 2.84. The molecule has 3 rings (SSSR count). The fourth-order valence-corrected chi connectivity index (χ4v) is 2.63. The van der Waals surface area contributed by atoms with E-state index in [9.17, 15) is 9.18 Å². The van der Waals surface area contributed by atoms with Crippen LogP contribution in [0.5, 0.6) is 5.75 Å². The average Bonchev–Trinajstić information content (AvgIpc) is 3.13. The van der Waals surface area contributed by atoms with Crippen molar-refractivity contribution < 1.29 is 13.9 Å². The minimum atomic E-state index is -0.442. The molecule has 22 heavy (non-hydrogen) atoms. The molecule has 2 N–H and O–H groups in total. The number of aromatic amines is 1. The van der Waals surface area contributed by atoms with Crippen molar-refractivity contribution in [1.29, 1.82) is 0 Å². The number of carbonyl (C=O) groups excluding carboxylic acids is 1. The summed E-state index contributed by atoms with van der Waals surface area (Å²) >= 11 is 0.776. The van der Waals surface area contributed by atoms with E-state index in [2.05, 4.69) is 15.5 Å². The Balaban J connectivity index is 1.76. The molecule has 0 unspecified atom stereocenters. The number of halogens is 1. The first-order valence-corrected chi connectivity index (χ1v) is 7.23. The lowest BCUT2D eigenvalue weighted by Gasteiger charge is -1.99. The van der Waals surface area contributed by atoms with Gasteiger partial charge in [0.25, 0.3) is 5.91 Å². The van der Waals surface area contributed by atoms with Gasteiger partial charge < -0.3 is 9.72 Å². The van der Waals surface area contributed by atoms with Crippen molar-refractivity contribution >= 4 is 34.4 Å². The molecule has 1 amide bonds. The van der Waals surface area contributed by atoms with Gasteiger partial charge in [-0.05, 0) is 30.3 Å². The highest BCUT2D eigenvalue weighted by Crippen LogP contribution is 2.22. The lowest BCUT2D eigenvalue weighted by Crippen LogP contribution is -2.16. The summed E-state index contributed by atoms with van der Waals surface area (Å²) < 4.78 is 18.1. The van der Waals surface area contributed by atoms with Gasteiger partial charge in [0, 0.05) is 22.7 Å². The molecule has 2 aromatic heterocycles. The van der Waals surface area contributed by atoms with Gasteiger partial charge in [-0.3, -0.25) is 4.79 Å². The third-order valence-corrected chi connectivity index (χ3v) is 3.96. The van der Waals surface area contributed by atoms with E-state index in [0.717, 1.165) is 33.6 Å². The molecule has 1 aromatic carbocycles. The normalized spacial score (nSPS) is 11.2. The van der Waals surface area contributed by atoms with Crippen molar-refractivity contribution in [2.75, 3.05) is 7.11 Å². The van der Waals surface area contributed by atoms with E-state index in [4.69, 9.17) is 4.74 Å². The first kappa shape index (κ1) is 14.3. The molecule has 0 bridgehead atoms. The molecule has 0 aliphatic rings. The number of benzene rings is 1. The number of ether oxygens (including phenoxy) is 1. The van der Waals surface area contributed by atoms with Crippen LogP contribution in [0.15, 0.2) is 41.6 Å². The summed E-state index contributed by atoms with van der Waals surface area (Å²) in [6.07, 6.45) is 3.31. The standard InChI is InChI=1S/C15H12FN3O2S/c1-21-10-2-3-12-11(6-10)9(7-17-12)8-18-19-15(20)13-4-5-14(16)22-13/h2-8,17H,1H3,(H,19,20). The van der Waals surface area contributed by atoms with Gasteiger partial charge >= 0.3 is 0 Å². The fraction of sp³-hybridized carbons (Fsp3) is 0.0667. The van der Waals surface area contributed by atoms with Crippen LogP contribution in [0.3, 0.4) is 0 Å². The van der Waals surface area contributed by atoms with Gasteiger partial charge in [-0.2, -0.15) is 9.49 Å². The molecule has 0 radical (unpaired) electrons. The van der Waals surface area contributed by atoms with E-state index in [1.165, 1.54) is 18.3 Å². The van der Waals surface area contributed by atoms with Crippen molar-refractivity contribution in [3.05, 3.63) is 52.1 Å². The lowest BCUT2D eigenvalue weighted by atomic mass is 10.2. The smallest absolute Gasteiger partial charge is 0.281 e. The molecule has 0 fully saturated rings. The van der Waals surface area contributed by atoms with Crippen LogP contribution in [0, 0.1) is 5.13 Å². The second-order valence-corrected chi connectivity index (χ2v) is 5.49. The summed E-state index contributed by atoms with van der Waals surface area (Å²) in [7, 11) is 1.60. The molecule has 5 nitrogen and oxygen atoms in total. The van der Waals surface area contributed by atoms with Gasteiger partial charge in [0.1, 0.15) is 5.75 Å². The number of H-pyrrole nitrogens is 1. The summed E-state index contributed by atoms with van der Waals surface area (Å²) in [4.78, 5) is 15.1. The number of methoxy groups -OCH3 is 1. The minimum Gasteiger partial charge on any atom is -0.497 e. The summed E-state index contributed by atoms with van der Waals surface area (Å²) in [5, 5.41) is 4.43. The highest BCUT2D eigenvalue weighted by molar-refractivity contribution is 7.12. The number of aromatic nitrogens is 1. The van der Waals surface area contributed by atoms with Gasteiger partial charge in [0.15, 0.2) is 5.13 Å². The molecular formula is C15H12FN3O2S. The summed E-state index contributed by atoms with van der Waals surface area (Å²) in [6.45, 7) is 0. The maximum atomic E-state index is 12.9. The molecule has 112 valence electrons. The molecule has 0 saturated heterocycles. The summed E-state index contributed by atoms with van der Waals surface area (Å²) in [5.41, 5.74) is 4.12. The quantitative estimate of drug-likeness (QED) is 0.573. The van der Waals surface area contributed by atoms with Crippen molar-refractivity contribution in [3.8, 4) is 5.75 Å². The van der Waals surface area contributed by atoms with E-state index in [1.54, 1.807) is 13.3 Å². The predicted molar refractivity (Wildman–Crippen MR) is 84.2 cm³/mol. The second kappa shape index (κ2) is 5.98. The first-order valence-electron chi connectivity index (χ1n) is 6.41. The number of nitrogens with one attached hydrogen (secondary N) is 2. The van der Waals surface area contributed by atoms with E-state index in [-0.39, 0.29) is 4.88 Å². The van der Waals surface area contributed by atoms with Gasteiger partial charge in [0.05, 0.1) is 18.2 Å². The number of thiophene rings is 1. The Labute approximate surface area is 129 Å². The molecular weight excluding hydrogens is 305 g/mol. The van der Waals surface area contributed by atoms with E-state index < -0.39 is 11.0 Å². The number of rotatable bonds is 4. The Morgan fingerprint density at radius 3 is 3.00 bits per heavy atom. The largest absolute Gasteiger partial charge is 0.497 e. The Hall–Kier alpha value is -2.67. The Morgan fingerprint density at radius 1 is 1.41 bits per heavy atom. The molecule has 7 heteroatoms. The number of hydrogen-bond acceptors (Lipinski definition) is 4. The highest BCUT2D eigenvalue weighted by Gasteiger charge is 2.08. The van der Waals surface area contributed by atoms with Crippen LogP contribution in [-0.2, 0) is 0 Å². The fourth-order valence-electron chi connectivity index (χ4n) is 2.01. The maximum absolute atomic E-state index is 12.9. The number of hydrogen-bond donors (Lipinski definition) is 2. The molecule has 0 aliphatic carbocycles. The van der Waals surface area contributed by atoms with E-state index in [0.29, 0.717) is 0 Å². The highest BCUT2D eigenvalue weighted by atomic mass is 32.1. The van der Waals surface area contributed by atoms with E-state index in [1.807, 2.05) is 18.2 Å². The number of fused-ring (bicyclic) bond motifs is 1. The Bertz CT molecular complexity index is 853. The van der Waals surface area contributed by atoms with Crippen LogP contribution < -0.4 is 10.2 Å². The Kier molecular flexibility index (Phi) is 3.88. The monoisotopic (exact) mass is 317 g/mol. The van der Waals surface area contributed by atoms with Gasteiger partial charge in [-0.15, -0.1) is 11.3 Å². The minimum absolute atomic E-state index is 0.273. The van der Waals surface area contributed by atoms with Crippen LogP contribution in [0.1, 0.15) is 15.2 Å². The summed E-state index contributed by atoms with van der Waals surface area (Å²) in [5.74, 6) is 0.294. The van der Waals surface area contributed by atoms with Crippen LogP contribution in [0.2, 0.25) is 0 Å². The molecule has 0 spiro atoms. The average molecular weight is 317 g/mol. The zero-order valence-electron chi connectivity index (χ0n) is 11.6. The number of amides is 1. The number of hydrazone groups is 1. The Morgan fingerprint density at radius 2 is 2.27 bits per heavy atom. The van der Waals surface area contributed by atoms with Crippen LogP contribution >= 0.6 is 11.3 Å². The van der Waals surface area contributed by atoms with Crippen LogP contribution in [-0.4, -0.2) is 24.2 Å². The van der Waals surface area contributed by atoms with Crippen LogP contribution in [0.4, 0.5) is 4.39 Å². The van der Waals surface area contributed by atoms with Gasteiger partial charge in [-0.25, -0.2) is 5.43 Å². The molecule has 2 heterocycles. The van der Waals surface area contributed by atoms with Crippen molar-refractivity contribution in [2.24, 2.45) is 5.10 Å². The molecule has 0 aliphatic heterocycles. The topological polar surface area (TPSA) is 66.5 Å². The lowest BCUT2D eigenvalue weighted by molar-refractivity contribution is 0.0959. The zero-order chi connectivity index (χ0) is 15.5. The SMILES string of the molecule is COc1ccc2[nH]cc(C=NNC(=O)c3ccc(F)s3)c2c1. The third-order valence-electron chi connectivity index (χ3n) is 3.09. The molecule has 0 saturated carbocycles. The summed E-state index contributed by atoms with van der Waals surface area (Å²) in [6, 6.07) is 8.30. The number of carbonyl (C=O) groups is 1.